The maximum absolute atomic E-state index is 12.9. The summed E-state index contributed by atoms with van der Waals surface area (Å²) in [7, 11) is 2.00. The Morgan fingerprint density at radius 1 is 1.38 bits per heavy atom. The Bertz CT molecular complexity index is 570. The summed E-state index contributed by atoms with van der Waals surface area (Å²) in [6.07, 6.45) is 5.72. The number of hydrogen-bond donors (Lipinski definition) is 1. The zero-order chi connectivity index (χ0) is 14.4. The molecule has 21 heavy (non-hydrogen) atoms. The topological polar surface area (TPSA) is 32.3 Å². The van der Waals surface area contributed by atoms with Crippen LogP contribution < -0.4 is 5.32 Å². The molecule has 1 aromatic carbocycles. The molecule has 1 saturated heterocycles. The van der Waals surface area contributed by atoms with Gasteiger partial charge in [0.2, 0.25) is 5.91 Å². The van der Waals surface area contributed by atoms with Gasteiger partial charge in [-0.3, -0.25) is 4.79 Å². The van der Waals surface area contributed by atoms with Crippen molar-refractivity contribution in [3.8, 4) is 0 Å². The van der Waals surface area contributed by atoms with Crippen molar-refractivity contribution in [2.24, 2.45) is 5.92 Å². The molecular weight excluding hydrogens is 260 g/mol. The zero-order valence-electron chi connectivity index (χ0n) is 12.8. The number of rotatable bonds is 2. The third-order valence-electron chi connectivity index (χ3n) is 5.91. The molecule has 3 aliphatic rings. The van der Waals surface area contributed by atoms with Crippen LogP contribution in [0.4, 0.5) is 0 Å². The highest BCUT2D eigenvalue weighted by Crippen LogP contribution is 2.62. The first-order valence-electron chi connectivity index (χ1n) is 8.29. The molecular formula is C18H24N2O. The summed E-state index contributed by atoms with van der Waals surface area (Å²) in [4.78, 5) is 15.0. The highest BCUT2D eigenvalue weighted by molar-refractivity contribution is 5.85. The van der Waals surface area contributed by atoms with Crippen molar-refractivity contribution >= 4 is 5.91 Å². The molecule has 1 aliphatic heterocycles. The smallest absolute Gasteiger partial charge is 0.226 e. The second kappa shape index (κ2) is 4.84. The number of likely N-dealkylation sites (N-methyl/N-ethyl adjacent to an activating group) is 1. The van der Waals surface area contributed by atoms with Crippen molar-refractivity contribution in [1.82, 2.24) is 10.2 Å². The Morgan fingerprint density at radius 2 is 2.24 bits per heavy atom. The first-order chi connectivity index (χ1) is 10.2. The van der Waals surface area contributed by atoms with Gasteiger partial charge in [0.15, 0.2) is 0 Å². The summed E-state index contributed by atoms with van der Waals surface area (Å²) in [6.45, 7) is 1.84. The Labute approximate surface area is 126 Å². The summed E-state index contributed by atoms with van der Waals surface area (Å²) < 4.78 is 0. The molecule has 3 heteroatoms. The third-order valence-corrected chi connectivity index (χ3v) is 5.91. The Balaban J connectivity index is 1.51. The van der Waals surface area contributed by atoms with Crippen molar-refractivity contribution in [2.75, 3.05) is 20.1 Å². The fraction of sp³-hybridized carbons (Fsp3) is 0.611. The standard InChI is InChI=1S/C18H24N2O/c1-19-14-6-4-10-20(12-14)17(21)16-11-18(16)9-8-13-5-2-3-7-15(13)18/h2-3,5,7,14,16,19H,4,6,8-12H2,1H3. The SMILES string of the molecule is CNC1CCCN(C(=O)C2CC23CCc2ccccc23)C1. The highest BCUT2D eigenvalue weighted by Gasteiger charge is 2.62. The molecule has 1 aromatic rings. The molecule has 0 bridgehead atoms. The number of nitrogens with one attached hydrogen (secondary N) is 1. The maximum atomic E-state index is 12.9. The van der Waals surface area contributed by atoms with E-state index in [0.717, 1.165) is 32.4 Å². The van der Waals surface area contributed by atoms with E-state index in [1.165, 1.54) is 24.0 Å². The molecule has 3 nitrogen and oxygen atoms in total. The highest BCUT2D eigenvalue weighted by atomic mass is 16.2. The number of hydrogen-bond acceptors (Lipinski definition) is 2. The molecule has 3 unspecified atom stereocenters. The number of nitrogens with zero attached hydrogens (tertiary/aromatic N) is 1. The van der Waals surface area contributed by atoms with Crippen molar-refractivity contribution < 1.29 is 4.79 Å². The summed E-state index contributed by atoms with van der Waals surface area (Å²) in [5.41, 5.74) is 3.13. The van der Waals surface area contributed by atoms with Gasteiger partial charge in [-0.2, -0.15) is 0 Å². The summed E-state index contributed by atoms with van der Waals surface area (Å²) >= 11 is 0. The van der Waals surface area contributed by atoms with Crippen LogP contribution in [0.2, 0.25) is 0 Å². The first kappa shape index (κ1) is 13.3. The van der Waals surface area contributed by atoms with Gasteiger partial charge in [-0.25, -0.2) is 0 Å². The van der Waals surface area contributed by atoms with Gasteiger partial charge in [0.25, 0.3) is 0 Å². The maximum Gasteiger partial charge on any atom is 0.226 e. The number of fused-ring (bicyclic) bond motifs is 2. The number of carbonyl (C=O) groups excluding carboxylic acids is 1. The largest absolute Gasteiger partial charge is 0.341 e. The molecule has 2 fully saturated rings. The van der Waals surface area contributed by atoms with Gasteiger partial charge < -0.3 is 10.2 Å². The van der Waals surface area contributed by atoms with Crippen LogP contribution in [0.1, 0.15) is 36.8 Å². The predicted octanol–water partition coefficient (Wildman–Crippen LogP) is 2.10. The fourth-order valence-corrected chi connectivity index (χ4v) is 4.55. The molecule has 1 spiro atoms. The van der Waals surface area contributed by atoms with Crippen LogP contribution in [0.3, 0.4) is 0 Å². The van der Waals surface area contributed by atoms with Gasteiger partial charge in [-0.1, -0.05) is 24.3 Å². The minimum absolute atomic E-state index is 0.195. The molecule has 2 aliphatic carbocycles. The lowest BCUT2D eigenvalue weighted by atomic mass is 9.94. The van der Waals surface area contributed by atoms with Crippen molar-refractivity contribution in [2.45, 2.75) is 43.6 Å². The monoisotopic (exact) mass is 284 g/mol. The van der Waals surface area contributed by atoms with E-state index in [2.05, 4.69) is 34.5 Å². The number of piperidine rings is 1. The van der Waals surface area contributed by atoms with E-state index in [4.69, 9.17) is 0 Å². The number of carbonyl (C=O) groups is 1. The van der Waals surface area contributed by atoms with E-state index in [9.17, 15) is 4.79 Å². The van der Waals surface area contributed by atoms with Crippen LogP contribution in [-0.2, 0) is 16.6 Å². The van der Waals surface area contributed by atoms with Crippen LogP contribution in [0, 0.1) is 5.92 Å². The molecule has 4 rings (SSSR count). The Morgan fingerprint density at radius 3 is 3.10 bits per heavy atom. The minimum Gasteiger partial charge on any atom is -0.341 e. The molecule has 3 atom stereocenters. The van der Waals surface area contributed by atoms with Gasteiger partial charge in [0.1, 0.15) is 0 Å². The first-order valence-corrected chi connectivity index (χ1v) is 8.29. The van der Waals surface area contributed by atoms with Gasteiger partial charge >= 0.3 is 0 Å². The van der Waals surface area contributed by atoms with E-state index >= 15 is 0 Å². The molecule has 0 aromatic heterocycles. The van der Waals surface area contributed by atoms with Gasteiger partial charge in [0, 0.05) is 30.5 Å². The zero-order valence-corrected chi connectivity index (χ0v) is 12.8. The van der Waals surface area contributed by atoms with E-state index in [1.807, 2.05) is 7.05 Å². The average molecular weight is 284 g/mol. The number of benzene rings is 1. The normalized spacial score (nSPS) is 34.0. The van der Waals surface area contributed by atoms with Crippen molar-refractivity contribution in [3.05, 3.63) is 35.4 Å². The third kappa shape index (κ3) is 2.02. The van der Waals surface area contributed by atoms with Gasteiger partial charge in [-0.15, -0.1) is 0 Å². The summed E-state index contributed by atoms with van der Waals surface area (Å²) in [5, 5.41) is 3.33. The van der Waals surface area contributed by atoms with Crippen molar-refractivity contribution in [3.63, 3.8) is 0 Å². The molecule has 1 saturated carbocycles. The second-order valence-corrected chi connectivity index (χ2v) is 6.98. The average Bonchev–Trinajstić information content (AvgIpc) is 3.16. The van der Waals surface area contributed by atoms with Crippen LogP contribution >= 0.6 is 0 Å². The molecule has 112 valence electrons. The van der Waals surface area contributed by atoms with E-state index in [0.29, 0.717) is 11.9 Å². The molecule has 1 amide bonds. The fourth-order valence-electron chi connectivity index (χ4n) is 4.55. The lowest BCUT2D eigenvalue weighted by molar-refractivity contribution is -0.134. The van der Waals surface area contributed by atoms with E-state index in [1.54, 1.807) is 0 Å². The second-order valence-electron chi connectivity index (χ2n) is 6.98. The molecule has 0 radical (unpaired) electrons. The quantitative estimate of drug-likeness (QED) is 0.902. The summed E-state index contributed by atoms with van der Waals surface area (Å²) in [5.74, 6) is 0.656. The van der Waals surface area contributed by atoms with Crippen LogP contribution in [0.25, 0.3) is 0 Å². The minimum atomic E-state index is 0.195. The van der Waals surface area contributed by atoms with Crippen LogP contribution in [0.5, 0.6) is 0 Å². The predicted molar refractivity (Wildman–Crippen MR) is 83.2 cm³/mol. The summed E-state index contributed by atoms with van der Waals surface area (Å²) in [6, 6.07) is 9.22. The van der Waals surface area contributed by atoms with Crippen LogP contribution in [0.15, 0.2) is 24.3 Å². The number of aryl methyl sites for hydroxylation is 1. The number of likely N-dealkylation sites (tertiary alicyclic amines) is 1. The van der Waals surface area contributed by atoms with Crippen LogP contribution in [-0.4, -0.2) is 37.0 Å². The number of amides is 1. The van der Waals surface area contributed by atoms with E-state index in [-0.39, 0.29) is 11.3 Å². The Kier molecular flexibility index (Phi) is 3.07. The Hall–Kier alpha value is -1.35. The molecule has 1 N–H and O–H groups in total. The molecule has 1 heterocycles. The van der Waals surface area contributed by atoms with Gasteiger partial charge in [-0.05, 0) is 50.3 Å². The van der Waals surface area contributed by atoms with E-state index < -0.39 is 0 Å². The lowest BCUT2D eigenvalue weighted by Crippen LogP contribution is -2.48. The van der Waals surface area contributed by atoms with Gasteiger partial charge in [0.05, 0.1) is 0 Å². The van der Waals surface area contributed by atoms with Crippen molar-refractivity contribution in [1.29, 1.82) is 0 Å². The lowest BCUT2D eigenvalue weighted by Gasteiger charge is -2.33.